The van der Waals surface area contributed by atoms with E-state index in [1.165, 1.54) is 6.33 Å². The van der Waals surface area contributed by atoms with Gasteiger partial charge in [-0.2, -0.15) is 10.2 Å². The van der Waals surface area contributed by atoms with Gasteiger partial charge in [-0.05, 0) is 82.5 Å². The van der Waals surface area contributed by atoms with Crippen LogP contribution >= 0.6 is 8.30 Å². The number of carbonyl (C=O) groups is 2. The number of H-pyrrole nitrogens is 1. The monoisotopic (exact) mass is 937 g/mol. The summed E-state index contributed by atoms with van der Waals surface area (Å²) in [7, 11) is 1.44. The number of anilines is 1. The van der Waals surface area contributed by atoms with E-state index in [0.717, 1.165) is 16.7 Å². The maximum atomic E-state index is 13.9. The van der Waals surface area contributed by atoms with Crippen molar-refractivity contribution in [2.24, 2.45) is 5.92 Å². The van der Waals surface area contributed by atoms with Crippen molar-refractivity contribution in [1.82, 2.24) is 24.2 Å². The zero-order chi connectivity index (χ0) is 48.3. The number of fused-ring (bicyclic) bond motifs is 3. The van der Waals surface area contributed by atoms with Crippen LogP contribution in [0.15, 0.2) is 90.0 Å². The Hall–Kier alpha value is -5.73. The number of benzene rings is 3. The molecule has 2 fully saturated rings. The molecular formula is C49H60N7O10P. The van der Waals surface area contributed by atoms with Gasteiger partial charge in [-0.15, -0.1) is 0 Å². The highest BCUT2D eigenvalue weighted by molar-refractivity contribution is 7.51. The molecule has 2 aliphatic heterocycles. The summed E-state index contributed by atoms with van der Waals surface area (Å²) in [6.45, 7) is 14.9. The van der Waals surface area contributed by atoms with Crippen molar-refractivity contribution in [3.05, 3.63) is 112 Å². The van der Waals surface area contributed by atoms with Crippen LogP contribution in [-0.2, 0) is 38.7 Å². The highest BCUT2D eigenvalue weighted by Crippen LogP contribution is 2.56. The molecule has 2 saturated heterocycles. The summed E-state index contributed by atoms with van der Waals surface area (Å²) in [5.41, 5.74) is -1.64. The van der Waals surface area contributed by atoms with E-state index in [9.17, 15) is 19.6 Å². The molecule has 2 N–H and O–H groups in total. The number of imidazole rings is 1. The van der Waals surface area contributed by atoms with E-state index in [2.05, 4.69) is 31.0 Å². The van der Waals surface area contributed by atoms with Crippen LogP contribution in [-0.4, -0.2) is 105 Å². The topological polar surface area (TPSA) is 201 Å². The fourth-order valence-electron chi connectivity index (χ4n) is 8.71. The number of methoxy groups -OCH3 is 2. The summed E-state index contributed by atoms with van der Waals surface area (Å²) in [6.07, 6.45) is -1.37. The second-order valence-corrected chi connectivity index (χ2v) is 19.9. The number of aromatic nitrogens is 4. The molecule has 5 atom stereocenters. The predicted molar refractivity (Wildman–Crippen MR) is 252 cm³/mol. The molecule has 3 unspecified atom stereocenters. The van der Waals surface area contributed by atoms with Crippen molar-refractivity contribution in [3.8, 4) is 17.6 Å². The lowest BCUT2D eigenvalue weighted by Gasteiger charge is -2.42. The van der Waals surface area contributed by atoms with E-state index < -0.39 is 55.1 Å². The standard InChI is InChI=1S/C49H60N7O10P/c1-30(2)43(58)53-46-52-42-39(44(59)54-46)51-29-55(42)45-40-41(66-67(56(31(3)4)32(5)6)26-38(57)64-47(7,8)24-25-50)48(65-45,27-62-40)28-63-49(33-14-12-11-13-15-33,34-16-20-36(60-9)21-17-34)35-18-22-37(61-10)23-19-35/h11-23,29-32,40-41,45H,24,26-28H2,1-10H3,(H2,52,53,54,58,59)/t40?,41?,45-,48-,67?/m1/s1. The highest BCUT2D eigenvalue weighted by Gasteiger charge is 2.65. The van der Waals surface area contributed by atoms with Crippen molar-refractivity contribution in [1.29, 1.82) is 5.26 Å². The summed E-state index contributed by atoms with van der Waals surface area (Å²) in [5, 5.41) is 12.2. The Morgan fingerprint density at radius 2 is 1.55 bits per heavy atom. The fraction of sp³-hybridized carbons (Fsp3) is 0.469. The van der Waals surface area contributed by atoms with E-state index in [-0.39, 0.29) is 66.8 Å². The van der Waals surface area contributed by atoms with Crippen molar-refractivity contribution in [2.45, 2.75) is 109 Å². The molecule has 0 aliphatic carbocycles. The number of aromatic amines is 1. The van der Waals surface area contributed by atoms with Gasteiger partial charge in [0, 0.05) is 18.0 Å². The van der Waals surface area contributed by atoms with Gasteiger partial charge >= 0.3 is 5.97 Å². The first kappa shape index (κ1) is 49.2. The van der Waals surface area contributed by atoms with Gasteiger partial charge in [0.05, 0.1) is 46.3 Å². The first-order valence-electron chi connectivity index (χ1n) is 22.3. The molecule has 0 saturated carbocycles. The summed E-state index contributed by atoms with van der Waals surface area (Å²) in [4.78, 5) is 51.8. The van der Waals surface area contributed by atoms with Crippen LogP contribution in [0.4, 0.5) is 5.95 Å². The summed E-state index contributed by atoms with van der Waals surface area (Å²) in [5.74, 6) is 0.0354. The molecule has 356 valence electrons. The van der Waals surface area contributed by atoms with Crippen LogP contribution in [0.3, 0.4) is 0 Å². The fourth-order valence-corrected chi connectivity index (χ4v) is 10.9. The Balaban J connectivity index is 1.37. The quantitative estimate of drug-likeness (QED) is 0.0442. The molecule has 5 aromatic rings. The second kappa shape index (κ2) is 20.2. The van der Waals surface area contributed by atoms with Crippen molar-refractivity contribution >= 4 is 37.3 Å². The highest BCUT2D eigenvalue weighted by atomic mass is 31.2. The zero-order valence-electron chi connectivity index (χ0n) is 39.6. The third-order valence-electron chi connectivity index (χ3n) is 11.9. The van der Waals surface area contributed by atoms with Gasteiger partial charge in [0.25, 0.3) is 5.56 Å². The van der Waals surface area contributed by atoms with Gasteiger partial charge in [0.2, 0.25) is 11.9 Å². The SMILES string of the molecule is COc1ccc(C(OC[C@]23COC(C2OP(CC(=O)OC(C)(C)CC#N)N(C(C)C)C(C)C)[C@H](n2cnc4c(=O)[nH]c(NC(=O)C(C)C)nc42)O3)(c2ccccc2)c2ccc(OC)cc2)cc1. The molecule has 7 rings (SSSR count). The lowest BCUT2D eigenvalue weighted by Crippen LogP contribution is -2.49. The molecule has 2 bridgehead atoms. The average molecular weight is 938 g/mol. The number of hydrogen-bond donors (Lipinski definition) is 2. The molecular weight excluding hydrogens is 878 g/mol. The van der Waals surface area contributed by atoms with Gasteiger partial charge in [0.15, 0.2) is 17.4 Å². The molecule has 3 aromatic carbocycles. The zero-order valence-corrected chi connectivity index (χ0v) is 40.5. The predicted octanol–water partition coefficient (Wildman–Crippen LogP) is 7.46. The molecule has 2 aliphatic rings. The van der Waals surface area contributed by atoms with Crippen LogP contribution < -0.4 is 20.3 Å². The number of nitriles is 1. The van der Waals surface area contributed by atoms with Gasteiger partial charge in [-0.3, -0.25) is 33.9 Å². The van der Waals surface area contributed by atoms with Gasteiger partial charge in [-0.1, -0.05) is 68.4 Å². The number of esters is 1. The maximum Gasteiger partial charge on any atom is 0.314 e. The number of nitrogens with one attached hydrogen (secondary N) is 2. The van der Waals surface area contributed by atoms with E-state index in [4.69, 9.17) is 32.9 Å². The number of rotatable bonds is 20. The van der Waals surface area contributed by atoms with Gasteiger partial charge in [0.1, 0.15) is 55.0 Å². The molecule has 4 heterocycles. The van der Waals surface area contributed by atoms with Crippen LogP contribution in [0.1, 0.15) is 84.7 Å². The largest absolute Gasteiger partial charge is 0.497 e. The number of amides is 1. The van der Waals surface area contributed by atoms with Gasteiger partial charge in [-0.25, -0.2) is 4.98 Å². The number of hydrogen-bond acceptors (Lipinski definition) is 14. The molecule has 1 amide bonds. The minimum atomic E-state index is -1.79. The Kier molecular flexibility index (Phi) is 14.9. The van der Waals surface area contributed by atoms with Crippen LogP contribution in [0, 0.1) is 17.2 Å². The number of nitrogens with zero attached hydrogens (tertiary/aromatic N) is 5. The van der Waals surface area contributed by atoms with Crippen LogP contribution in [0.5, 0.6) is 11.5 Å². The van der Waals surface area contributed by atoms with Crippen LogP contribution in [0.2, 0.25) is 0 Å². The third-order valence-corrected chi connectivity index (χ3v) is 14.3. The lowest BCUT2D eigenvalue weighted by atomic mass is 9.79. The molecule has 2 aromatic heterocycles. The lowest BCUT2D eigenvalue weighted by molar-refractivity contribution is -0.201. The third kappa shape index (κ3) is 10.1. The summed E-state index contributed by atoms with van der Waals surface area (Å²) < 4.78 is 49.6. The minimum Gasteiger partial charge on any atom is -0.497 e. The molecule has 17 nitrogen and oxygen atoms in total. The van der Waals surface area contributed by atoms with Crippen molar-refractivity contribution in [2.75, 3.05) is 38.9 Å². The van der Waals surface area contributed by atoms with E-state index >= 15 is 0 Å². The normalized spacial score (nSPS) is 19.9. The van der Waals surface area contributed by atoms with E-state index in [1.807, 2.05) is 107 Å². The second-order valence-electron chi connectivity index (χ2n) is 18.2. The Morgan fingerprint density at radius 3 is 2.10 bits per heavy atom. The van der Waals surface area contributed by atoms with Crippen molar-refractivity contribution in [3.63, 3.8) is 0 Å². The molecule has 0 radical (unpaired) electrons. The number of carbonyl (C=O) groups excluding carboxylic acids is 2. The Morgan fingerprint density at radius 1 is 0.955 bits per heavy atom. The molecule has 18 heteroatoms. The van der Waals surface area contributed by atoms with Gasteiger partial charge < -0.3 is 32.9 Å². The van der Waals surface area contributed by atoms with Crippen molar-refractivity contribution < 1.29 is 42.5 Å². The molecule has 67 heavy (non-hydrogen) atoms. The Bertz CT molecular complexity index is 2560. The Labute approximate surface area is 391 Å². The summed E-state index contributed by atoms with van der Waals surface area (Å²) in [6, 6.07) is 27.2. The van der Waals surface area contributed by atoms with E-state index in [1.54, 1.807) is 46.5 Å². The maximum absolute atomic E-state index is 13.9. The van der Waals surface area contributed by atoms with E-state index in [0.29, 0.717) is 11.5 Å². The average Bonchev–Trinajstić information content (AvgIpc) is 3.96. The smallest absolute Gasteiger partial charge is 0.314 e. The molecule has 0 spiro atoms. The first-order valence-corrected chi connectivity index (χ1v) is 23.7. The van der Waals surface area contributed by atoms with Crippen LogP contribution in [0.25, 0.3) is 11.2 Å². The summed E-state index contributed by atoms with van der Waals surface area (Å²) >= 11 is 0. The minimum absolute atomic E-state index is 0.00819. The number of ether oxygens (including phenoxy) is 6. The first-order chi connectivity index (χ1) is 31.9.